The first kappa shape index (κ1) is 16.7. The summed E-state index contributed by atoms with van der Waals surface area (Å²) in [6.07, 6.45) is 6.65. The molecule has 1 saturated heterocycles. The van der Waals surface area contributed by atoms with Crippen molar-refractivity contribution in [2.24, 2.45) is 5.10 Å². The Hall–Kier alpha value is -2.18. The molecule has 7 nitrogen and oxygen atoms in total. The van der Waals surface area contributed by atoms with E-state index in [1.165, 1.54) is 5.01 Å². The van der Waals surface area contributed by atoms with Crippen LogP contribution in [0, 0.1) is 0 Å². The maximum atomic E-state index is 12.8. The molecule has 2 aliphatic rings. The molecule has 0 aliphatic carbocycles. The second-order valence-electron chi connectivity index (χ2n) is 6.86. The summed E-state index contributed by atoms with van der Waals surface area (Å²) in [5, 5.41) is 5.44. The van der Waals surface area contributed by atoms with Gasteiger partial charge in [0.25, 0.3) is 5.91 Å². The molecule has 1 atom stereocenters. The Kier molecular flexibility index (Phi) is 4.69. The van der Waals surface area contributed by atoms with Crippen molar-refractivity contribution in [1.29, 1.82) is 0 Å². The molecule has 2 aliphatic heterocycles. The molecule has 1 aromatic rings. The zero-order valence-corrected chi connectivity index (χ0v) is 14.6. The minimum atomic E-state index is -0.0388. The molecule has 0 N–H and O–H groups in total. The van der Waals surface area contributed by atoms with E-state index < -0.39 is 0 Å². The number of piperidine rings is 1. The number of amides is 2. The summed E-state index contributed by atoms with van der Waals surface area (Å²) in [6.45, 7) is 5.69. The molecule has 0 saturated carbocycles. The maximum absolute atomic E-state index is 12.8. The lowest BCUT2D eigenvalue weighted by molar-refractivity contribution is -0.131. The van der Waals surface area contributed by atoms with E-state index >= 15 is 0 Å². The maximum Gasteiger partial charge on any atom is 0.270 e. The van der Waals surface area contributed by atoms with Gasteiger partial charge in [-0.2, -0.15) is 5.10 Å². The SMILES string of the molecule is CC(C)c1nccn1C1CCCN(C(=O)C2=NN(C)C(=O)CC2)C1. The Morgan fingerprint density at radius 1 is 1.33 bits per heavy atom. The molecule has 0 bridgehead atoms. The van der Waals surface area contributed by atoms with Gasteiger partial charge >= 0.3 is 0 Å². The number of nitrogens with zero attached hydrogens (tertiary/aromatic N) is 5. The van der Waals surface area contributed by atoms with E-state index in [2.05, 4.69) is 28.5 Å². The minimum absolute atomic E-state index is 0.0368. The Labute approximate surface area is 142 Å². The van der Waals surface area contributed by atoms with E-state index in [1.54, 1.807) is 7.05 Å². The highest BCUT2D eigenvalue weighted by atomic mass is 16.2. The van der Waals surface area contributed by atoms with Gasteiger partial charge in [0.05, 0.1) is 6.04 Å². The number of hydrogen-bond donors (Lipinski definition) is 0. The summed E-state index contributed by atoms with van der Waals surface area (Å²) < 4.78 is 2.21. The number of imidazole rings is 1. The van der Waals surface area contributed by atoms with E-state index in [0.29, 0.717) is 31.0 Å². The molecule has 3 rings (SSSR count). The van der Waals surface area contributed by atoms with E-state index in [9.17, 15) is 9.59 Å². The van der Waals surface area contributed by atoms with Crippen LogP contribution >= 0.6 is 0 Å². The summed E-state index contributed by atoms with van der Waals surface area (Å²) >= 11 is 0. The Bertz CT molecular complexity index is 664. The molecular formula is C17H25N5O2. The molecule has 2 amide bonds. The molecule has 1 fully saturated rings. The van der Waals surface area contributed by atoms with Gasteiger partial charge in [0, 0.05) is 51.3 Å². The number of aromatic nitrogens is 2. The molecule has 0 aromatic carbocycles. The van der Waals surface area contributed by atoms with Gasteiger partial charge in [-0.25, -0.2) is 9.99 Å². The Morgan fingerprint density at radius 2 is 2.12 bits per heavy atom. The van der Waals surface area contributed by atoms with Crippen LogP contribution in [-0.2, 0) is 9.59 Å². The Morgan fingerprint density at radius 3 is 2.83 bits per heavy atom. The zero-order chi connectivity index (χ0) is 17.3. The highest BCUT2D eigenvalue weighted by Gasteiger charge is 2.30. The monoisotopic (exact) mass is 331 g/mol. The van der Waals surface area contributed by atoms with Crippen LogP contribution in [0.2, 0.25) is 0 Å². The van der Waals surface area contributed by atoms with Crippen LogP contribution in [0.3, 0.4) is 0 Å². The van der Waals surface area contributed by atoms with Gasteiger partial charge in [0.2, 0.25) is 5.91 Å². The first-order valence-corrected chi connectivity index (χ1v) is 8.63. The quantitative estimate of drug-likeness (QED) is 0.847. The van der Waals surface area contributed by atoms with Crippen molar-refractivity contribution in [1.82, 2.24) is 19.5 Å². The molecule has 7 heteroatoms. The van der Waals surface area contributed by atoms with E-state index in [-0.39, 0.29) is 17.9 Å². The average molecular weight is 331 g/mol. The predicted octanol–water partition coefficient (Wildman–Crippen LogP) is 1.78. The van der Waals surface area contributed by atoms with Crippen LogP contribution in [0.1, 0.15) is 57.3 Å². The lowest BCUT2D eigenvalue weighted by Crippen LogP contribution is -2.45. The molecule has 130 valence electrons. The van der Waals surface area contributed by atoms with E-state index in [1.807, 2.05) is 17.3 Å². The lowest BCUT2D eigenvalue weighted by Gasteiger charge is -2.35. The summed E-state index contributed by atoms with van der Waals surface area (Å²) in [5.41, 5.74) is 0.493. The third-order valence-electron chi connectivity index (χ3n) is 4.75. The molecule has 3 heterocycles. The van der Waals surface area contributed by atoms with Gasteiger partial charge < -0.3 is 9.47 Å². The first-order chi connectivity index (χ1) is 11.5. The predicted molar refractivity (Wildman–Crippen MR) is 90.6 cm³/mol. The van der Waals surface area contributed by atoms with Gasteiger partial charge in [-0.05, 0) is 12.8 Å². The molecular weight excluding hydrogens is 306 g/mol. The fourth-order valence-corrected chi connectivity index (χ4v) is 3.45. The number of likely N-dealkylation sites (tertiary alicyclic amines) is 1. The highest BCUT2D eigenvalue weighted by Crippen LogP contribution is 2.26. The lowest BCUT2D eigenvalue weighted by atomic mass is 10.0. The third kappa shape index (κ3) is 3.20. The van der Waals surface area contributed by atoms with Gasteiger partial charge in [-0.1, -0.05) is 13.8 Å². The summed E-state index contributed by atoms with van der Waals surface area (Å²) in [4.78, 5) is 30.6. The number of hydrogen-bond acceptors (Lipinski definition) is 4. The van der Waals surface area contributed by atoms with Crippen molar-refractivity contribution in [3.63, 3.8) is 0 Å². The van der Waals surface area contributed by atoms with Crippen LogP contribution in [-0.4, -0.2) is 57.1 Å². The van der Waals surface area contributed by atoms with Crippen molar-refractivity contribution >= 4 is 17.5 Å². The van der Waals surface area contributed by atoms with Crippen molar-refractivity contribution in [3.8, 4) is 0 Å². The minimum Gasteiger partial charge on any atom is -0.335 e. The molecule has 0 spiro atoms. The standard InChI is InChI=1S/C17H25N5O2/c1-12(2)16-18-8-10-22(16)13-5-4-9-21(11-13)17(24)14-6-7-15(23)20(3)19-14/h8,10,12-13H,4-7,9,11H2,1-3H3. The number of rotatable bonds is 3. The van der Waals surface area contributed by atoms with Gasteiger partial charge in [0.15, 0.2) is 0 Å². The topological polar surface area (TPSA) is 70.8 Å². The highest BCUT2D eigenvalue weighted by molar-refractivity contribution is 6.39. The van der Waals surface area contributed by atoms with Crippen molar-refractivity contribution in [2.75, 3.05) is 20.1 Å². The fraction of sp³-hybridized carbons (Fsp3) is 0.647. The smallest absolute Gasteiger partial charge is 0.270 e. The second-order valence-corrected chi connectivity index (χ2v) is 6.86. The summed E-state index contributed by atoms with van der Waals surface area (Å²) in [6, 6.07) is 0.256. The van der Waals surface area contributed by atoms with Crippen molar-refractivity contribution in [2.45, 2.75) is 51.5 Å². The van der Waals surface area contributed by atoms with Crippen LogP contribution in [0.5, 0.6) is 0 Å². The number of carbonyl (C=O) groups is 2. The van der Waals surface area contributed by atoms with Crippen LogP contribution < -0.4 is 0 Å². The van der Waals surface area contributed by atoms with Crippen LogP contribution in [0.4, 0.5) is 0 Å². The molecule has 1 unspecified atom stereocenters. The normalized spacial score (nSPS) is 22.1. The van der Waals surface area contributed by atoms with Crippen molar-refractivity contribution < 1.29 is 9.59 Å². The van der Waals surface area contributed by atoms with Crippen molar-refractivity contribution in [3.05, 3.63) is 18.2 Å². The molecule has 1 aromatic heterocycles. The summed E-state index contributed by atoms with van der Waals surface area (Å²) in [7, 11) is 1.61. The van der Waals surface area contributed by atoms with Gasteiger partial charge in [-0.3, -0.25) is 9.59 Å². The molecule has 24 heavy (non-hydrogen) atoms. The first-order valence-electron chi connectivity index (χ1n) is 8.63. The van der Waals surface area contributed by atoms with E-state index in [4.69, 9.17) is 0 Å². The number of hydrazone groups is 1. The summed E-state index contributed by atoms with van der Waals surface area (Å²) in [5.74, 6) is 1.34. The molecule has 0 radical (unpaired) electrons. The van der Waals surface area contributed by atoms with Crippen LogP contribution in [0.15, 0.2) is 17.5 Å². The van der Waals surface area contributed by atoms with E-state index in [0.717, 1.165) is 25.2 Å². The van der Waals surface area contributed by atoms with Gasteiger partial charge in [-0.15, -0.1) is 0 Å². The zero-order valence-electron chi connectivity index (χ0n) is 14.6. The largest absolute Gasteiger partial charge is 0.335 e. The fourth-order valence-electron chi connectivity index (χ4n) is 3.45. The van der Waals surface area contributed by atoms with Gasteiger partial charge in [0.1, 0.15) is 11.5 Å². The third-order valence-corrected chi connectivity index (χ3v) is 4.75. The average Bonchev–Trinajstić information content (AvgIpc) is 3.07. The second kappa shape index (κ2) is 6.75. The Balaban J connectivity index is 1.74. The van der Waals surface area contributed by atoms with Crippen LogP contribution in [0.25, 0.3) is 0 Å². The number of carbonyl (C=O) groups excluding carboxylic acids is 2.